The van der Waals surface area contributed by atoms with Gasteiger partial charge in [0, 0.05) is 11.8 Å². The van der Waals surface area contributed by atoms with Gasteiger partial charge in [-0.05, 0) is 38.1 Å². The summed E-state index contributed by atoms with van der Waals surface area (Å²) in [7, 11) is 1.93. The number of hydrogen-bond acceptors (Lipinski definition) is 3. The second-order valence-electron chi connectivity index (χ2n) is 3.99. The fourth-order valence-electron chi connectivity index (χ4n) is 1.93. The Kier molecular flexibility index (Phi) is 3.06. The maximum Gasteiger partial charge on any atom is 0.0954 e. The number of rotatable bonds is 3. The van der Waals surface area contributed by atoms with Gasteiger partial charge in [0.05, 0.1) is 24.3 Å². The van der Waals surface area contributed by atoms with Gasteiger partial charge in [-0.1, -0.05) is 6.07 Å². The van der Waals surface area contributed by atoms with E-state index < -0.39 is 0 Å². The minimum Gasteiger partial charge on any atom is -0.472 e. The number of aryl methyl sites for hydroxylation is 2. The van der Waals surface area contributed by atoms with Crippen molar-refractivity contribution in [2.45, 2.75) is 19.9 Å². The molecule has 0 aliphatic carbocycles. The summed E-state index contributed by atoms with van der Waals surface area (Å²) >= 11 is 0. The van der Waals surface area contributed by atoms with E-state index in [-0.39, 0.29) is 6.04 Å². The highest BCUT2D eigenvalue weighted by molar-refractivity contribution is 5.32. The van der Waals surface area contributed by atoms with Crippen LogP contribution in [0.2, 0.25) is 0 Å². The highest BCUT2D eigenvalue weighted by atomic mass is 16.3. The number of aromatic nitrogens is 1. The van der Waals surface area contributed by atoms with Gasteiger partial charge in [-0.3, -0.25) is 4.98 Å². The van der Waals surface area contributed by atoms with E-state index >= 15 is 0 Å². The lowest BCUT2D eigenvalue weighted by molar-refractivity contribution is 0.556. The highest BCUT2D eigenvalue weighted by Gasteiger charge is 2.16. The van der Waals surface area contributed by atoms with Crippen LogP contribution < -0.4 is 5.32 Å². The topological polar surface area (TPSA) is 38.1 Å². The minimum absolute atomic E-state index is 0.0966. The van der Waals surface area contributed by atoms with Crippen molar-refractivity contribution < 1.29 is 4.42 Å². The predicted molar refractivity (Wildman–Crippen MR) is 63.3 cm³/mol. The standard InChI is InChI=1S/C13H16N2O/c1-9-6-10(2)12(15-7-9)13(14-3)11-4-5-16-8-11/h4-8,13-14H,1-3H3. The van der Waals surface area contributed by atoms with Gasteiger partial charge in [0.15, 0.2) is 0 Å². The third kappa shape index (κ3) is 1.99. The van der Waals surface area contributed by atoms with Gasteiger partial charge in [0.2, 0.25) is 0 Å². The summed E-state index contributed by atoms with van der Waals surface area (Å²) in [5.41, 5.74) is 4.53. The summed E-state index contributed by atoms with van der Waals surface area (Å²) in [4.78, 5) is 4.50. The lowest BCUT2D eigenvalue weighted by Crippen LogP contribution is -2.19. The molecule has 0 aromatic carbocycles. The first-order valence-electron chi connectivity index (χ1n) is 5.35. The van der Waals surface area contributed by atoms with E-state index in [4.69, 9.17) is 4.42 Å². The summed E-state index contributed by atoms with van der Waals surface area (Å²) < 4.78 is 5.11. The fourth-order valence-corrected chi connectivity index (χ4v) is 1.93. The molecule has 0 spiro atoms. The smallest absolute Gasteiger partial charge is 0.0954 e. The largest absolute Gasteiger partial charge is 0.472 e. The molecule has 0 bridgehead atoms. The van der Waals surface area contributed by atoms with Crippen molar-refractivity contribution in [1.29, 1.82) is 0 Å². The Morgan fingerprint density at radius 3 is 2.75 bits per heavy atom. The monoisotopic (exact) mass is 216 g/mol. The molecule has 0 aliphatic heterocycles. The van der Waals surface area contributed by atoms with Crippen molar-refractivity contribution in [3.05, 3.63) is 53.2 Å². The van der Waals surface area contributed by atoms with E-state index in [1.165, 1.54) is 11.1 Å². The minimum atomic E-state index is 0.0966. The molecule has 16 heavy (non-hydrogen) atoms. The highest BCUT2D eigenvalue weighted by Crippen LogP contribution is 2.23. The third-order valence-corrected chi connectivity index (χ3v) is 2.69. The molecule has 1 atom stereocenters. The molecule has 0 fully saturated rings. The first-order chi connectivity index (χ1) is 7.72. The molecule has 0 amide bonds. The van der Waals surface area contributed by atoms with E-state index in [2.05, 4.69) is 30.2 Å². The first kappa shape index (κ1) is 10.9. The van der Waals surface area contributed by atoms with Crippen LogP contribution in [-0.4, -0.2) is 12.0 Å². The lowest BCUT2D eigenvalue weighted by atomic mass is 10.0. The molecule has 2 aromatic rings. The Bertz CT molecular complexity index is 463. The second kappa shape index (κ2) is 4.49. The molecular formula is C13H16N2O. The summed E-state index contributed by atoms with van der Waals surface area (Å²) in [6.45, 7) is 4.13. The molecule has 3 nitrogen and oxygen atoms in total. The predicted octanol–water partition coefficient (Wildman–Crippen LogP) is 2.60. The molecule has 0 aliphatic rings. The van der Waals surface area contributed by atoms with Gasteiger partial charge >= 0.3 is 0 Å². The molecule has 0 saturated heterocycles. The van der Waals surface area contributed by atoms with Crippen LogP contribution in [0.25, 0.3) is 0 Å². The average Bonchev–Trinajstić information content (AvgIpc) is 2.75. The molecule has 3 heteroatoms. The van der Waals surface area contributed by atoms with Crippen molar-refractivity contribution in [3.8, 4) is 0 Å². The first-order valence-corrected chi connectivity index (χ1v) is 5.35. The molecule has 0 radical (unpaired) electrons. The Hall–Kier alpha value is -1.61. The van der Waals surface area contributed by atoms with Gasteiger partial charge < -0.3 is 9.73 Å². The van der Waals surface area contributed by atoms with Crippen LogP contribution in [0.15, 0.2) is 35.3 Å². The summed E-state index contributed by atoms with van der Waals surface area (Å²) in [6.07, 6.45) is 5.33. The number of furan rings is 1. The molecular weight excluding hydrogens is 200 g/mol. The van der Waals surface area contributed by atoms with Gasteiger partial charge in [0.25, 0.3) is 0 Å². The molecule has 1 unspecified atom stereocenters. The van der Waals surface area contributed by atoms with Crippen molar-refractivity contribution in [1.82, 2.24) is 10.3 Å². The van der Waals surface area contributed by atoms with E-state index in [0.29, 0.717) is 0 Å². The zero-order valence-electron chi connectivity index (χ0n) is 9.82. The van der Waals surface area contributed by atoms with E-state index in [1.54, 1.807) is 12.5 Å². The van der Waals surface area contributed by atoms with Crippen LogP contribution in [0, 0.1) is 13.8 Å². The molecule has 2 aromatic heterocycles. The Morgan fingerprint density at radius 2 is 2.19 bits per heavy atom. The fraction of sp³-hybridized carbons (Fsp3) is 0.308. The number of pyridine rings is 1. The Morgan fingerprint density at radius 1 is 1.38 bits per heavy atom. The lowest BCUT2D eigenvalue weighted by Gasteiger charge is -2.16. The Balaban J connectivity index is 2.41. The van der Waals surface area contributed by atoms with Crippen LogP contribution in [0.1, 0.15) is 28.4 Å². The van der Waals surface area contributed by atoms with Gasteiger partial charge in [-0.2, -0.15) is 0 Å². The Labute approximate surface area is 95.5 Å². The van der Waals surface area contributed by atoms with E-state index in [9.17, 15) is 0 Å². The van der Waals surface area contributed by atoms with E-state index in [1.807, 2.05) is 19.3 Å². The number of nitrogens with zero attached hydrogens (tertiary/aromatic N) is 1. The second-order valence-corrected chi connectivity index (χ2v) is 3.99. The molecule has 84 valence electrons. The van der Waals surface area contributed by atoms with Crippen LogP contribution in [-0.2, 0) is 0 Å². The van der Waals surface area contributed by atoms with Crippen LogP contribution in [0.5, 0.6) is 0 Å². The van der Waals surface area contributed by atoms with Crippen molar-refractivity contribution in [2.75, 3.05) is 7.05 Å². The van der Waals surface area contributed by atoms with Gasteiger partial charge in [-0.15, -0.1) is 0 Å². The van der Waals surface area contributed by atoms with Crippen LogP contribution in [0.4, 0.5) is 0 Å². The number of hydrogen-bond donors (Lipinski definition) is 1. The maximum absolute atomic E-state index is 5.11. The normalized spacial score (nSPS) is 12.7. The molecule has 0 saturated carbocycles. The van der Waals surface area contributed by atoms with Crippen LogP contribution >= 0.6 is 0 Å². The SMILES string of the molecule is CNC(c1ccoc1)c1ncc(C)cc1C. The summed E-state index contributed by atoms with van der Waals surface area (Å²) in [6, 6.07) is 4.20. The van der Waals surface area contributed by atoms with Gasteiger partial charge in [-0.25, -0.2) is 0 Å². The van der Waals surface area contributed by atoms with E-state index in [0.717, 1.165) is 11.3 Å². The quantitative estimate of drug-likeness (QED) is 0.857. The van der Waals surface area contributed by atoms with Gasteiger partial charge in [0.1, 0.15) is 0 Å². The number of nitrogens with one attached hydrogen (secondary N) is 1. The summed E-state index contributed by atoms with van der Waals surface area (Å²) in [5, 5.41) is 3.26. The van der Waals surface area contributed by atoms with Crippen molar-refractivity contribution in [3.63, 3.8) is 0 Å². The molecule has 2 heterocycles. The molecule has 2 rings (SSSR count). The summed E-state index contributed by atoms with van der Waals surface area (Å²) in [5.74, 6) is 0. The van der Waals surface area contributed by atoms with Crippen LogP contribution in [0.3, 0.4) is 0 Å². The zero-order chi connectivity index (χ0) is 11.5. The third-order valence-electron chi connectivity index (χ3n) is 2.69. The zero-order valence-corrected chi connectivity index (χ0v) is 9.82. The molecule has 1 N–H and O–H groups in total. The maximum atomic E-state index is 5.11. The van der Waals surface area contributed by atoms with Crippen molar-refractivity contribution >= 4 is 0 Å². The average molecular weight is 216 g/mol. The van der Waals surface area contributed by atoms with Crippen molar-refractivity contribution in [2.24, 2.45) is 0 Å².